The van der Waals surface area contributed by atoms with E-state index in [1.165, 1.54) is 11.1 Å². The van der Waals surface area contributed by atoms with Gasteiger partial charge in [-0.25, -0.2) is 0 Å². The number of rotatable bonds is 1. The molecule has 0 unspecified atom stereocenters. The molecular formula is C22H32O2. The number of phenolic OH excluding ortho intramolecular Hbond substituents is 2. The van der Waals surface area contributed by atoms with Crippen LogP contribution >= 0.6 is 0 Å². The third kappa shape index (κ3) is 5.59. The van der Waals surface area contributed by atoms with Crippen LogP contribution in [-0.4, -0.2) is 10.2 Å². The molecule has 0 aliphatic rings. The molecule has 0 heterocycles. The number of aromatic hydroxyl groups is 2. The predicted octanol–water partition coefficient (Wildman–Crippen LogP) is 5.94. The van der Waals surface area contributed by atoms with E-state index in [-0.39, 0.29) is 10.8 Å². The SMILES string of the molecule is CCc1cc(C(C)(C)C)c(O)cc1C(C)(C)C.Oc1ccccc1. The van der Waals surface area contributed by atoms with Crippen molar-refractivity contribution in [2.75, 3.05) is 0 Å². The van der Waals surface area contributed by atoms with Gasteiger partial charge in [-0.1, -0.05) is 72.7 Å². The standard InChI is InChI=1S/C16H26O.C6H6O/c1-8-11-9-13(16(5,6)7)14(17)10-12(11)15(2,3)4;7-6-4-2-1-3-5-6/h9-10,17H,8H2,1-7H3;1-5,7H. The molecule has 0 aliphatic carbocycles. The minimum absolute atomic E-state index is 0.00951. The summed E-state index contributed by atoms with van der Waals surface area (Å²) in [5.41, 5.74) is 3.72. The maximum atomic E-state index is 10.2. The molecule has 0 atom stereocenters. The van der Waals surface area contributed by atoms with Gasteiger partial charge in [0, 0.05) is 0 Å². The number of para-hydroxylation sites is 1. The lowest BCUT2D eigenvalue weighted by Gasteiger charge is -2.27. The van der Waals surface area contributed by atoms with Crippen LogP contribution in [0.25, 0.3) is 0 Å². The summed E-state index contributed by atoms with van der Waals surface area (Å²) < 4.78 is 0. The van der Waals surface area contributed by atoms with Crippen molar-refractivity contribution < 1.29 is 10.2 Å². The highest BCUT2D eigenvalue weighted by Gasteiger charge is 2.24. The van der Waals surface area contributed by atoms with E-state index in [1.807, 2.05) is 12.1 Å². The summed E-state index contributed by atoms with van der Waals surface area (Å²) in [6, 6.07) is 12.8. The van der Waals surface area contributed by atoms with Gasteiger partial charge < -0.3 is 10.2 Å². The first-order chi connectivity index (χ1) is 11.0. The summed E-state index contributed by atoms with van der Waals surface area (Å²) in [7, 11) is 0. The van der Waals surface area contributed by atoms with Gasteiger partial charge in [-0.05, 0) is 52.1 Å². The van der Waals surface area contributed by atoms with Crippen LogP contribution in [0, 0.1) is 0 Å². The molecule has 24 heavy (non-hydrogen) atoms. The van der Waals surface area contributed by atoms with E-state index >= 15 is 0 Å². The lowest BCUT2D eigenvalue weighted by Crippen LogP contribution is -2.17. The molecule has 0 saturated carbocycles. The molecule has 2 rings (SSSR count). The molecule has 2 N–H and O–H groups in total. The molecule has 2 heteroatoms. The van der Waals surface area contributed by atoms with E-state index in [4.69, 9.17) is 5.11 Å². The highest BCUT2D eigenvalue weighted by Crippen LogP contribution is 2.37. The lowest BCUT2D eigenvalue weighted by molar-refractivity contribution is 0.442. The maximum Gasteiger partial charge on any atom is 0.119 e. The topological polar surface area (TPSA) is 40.5 Å². The van der Waals surface area contributed by atoms with Crippen molar-refractivity contribution in [3.05, 3.63) is 59.2 Å². The van der Waals surface area contributed by atoms with Gasteiger partial charge >= 0.3 is 0 Å². The first kappa shape index (κ1) is 20.1. The van der Waals surface area contributed by atoms with Crippen molar-refractivity contribution in [3.8, 4) is 11.5 Å². The van der Waals surface area contributed by atoms with E-state index in [0.717, 1.165) is 12.0 Å². The number of hydrogen-bond acceptors (Lipinski definition) is 2. The Morgan fingerprint density at radius 2 is 1.25 bits per heavy atom. The average molecular weight is 328 g/mol. The fourth-order valence-electron chi connectivity index (χ4n) is 2.65. The van der Waals surface area contributed by atoms with E-state index in [0.29, 0.717) is 11.5 Å². The van der Waals surface area contributed by atoms with E-state index < -0.39 is 0 Å². The quantitative estimate of drug-likeness (QED) is 0.680. The highest BCUT2D eigenvalue weighted by molar-refractivity contribution is 5.47. The highest BCUT2D eigenvalue weighted by atomic mass is 16.3. The Balaban J connectivity index is 0.000000341. The Morgan fingerprint density at radius 1 is 0.750 bits per heavy atom. The number of phenols is 2. The van der Waals surface area contributed by atoms with Gasteiger partial charge in [0.05, 0.1) is 0 Å². The summed E-state index contributed by atoms with van der Waals surface area (Å²) in [4.78, 5) is 0. The van der Waals surface area contributed by atoms with Crippen LogP contribution < -0.4 is 0 Å². The van der Waals surface area contributed by atoms with Crippen molar-refractivity contribution in [2.24, 2.45) is 0 Å². The van der Waals surface area contributed by atoms with Crippen molar-refractivity contribution in [1.82, 2.24) is 0 Å². The zero-order valence-electron chi connectivity index (χ0n) is 16.1. The lowest BCUT2D eigenvalue weighted by atomic mass is 9.78. The van der Waals surface area contributed by atoms with Gasteiger partial charge in [0.25, 0.3) is 0 Å². The average Bonchev–Trinajstić information content (AvgIpc) is 2.46. The summed E-state index contributed by atoms with van der Waals surface area (Å²) in [6.45, 7) is 15.2. The van der Waals surface area contributed by atoms with Crippen molar-refractivity contribution in [1.29, 1.82) is 0 Å². The molecule has 2 aromatic carbocycles. The summed E-state index contributed by atoms with van der Waals surface area (Å²) in [5.74, 6) is 0.752. The van der Waals surface area contributed by atoms with E-state index in [9.17, 15) is 5.11 Å². The van der Waals surface area contributed by atoms with Crippen molar-refractivity contribution >= 4 is 0 Å². The number of hydrogen-bond donors (Lipinski definition) is 2. The smallest absolute Gasteiger partial charge is 0.119 e. The Labute approximate surface area is 147 Å². The molecule has 0 bridgehead atoms. The second-order valence-corrected chi connectivity index (χ2v) is 8.22. The van der Waals surface area contributed by atoms with Gasteiger partial charge in [-0.15, -0.1) is 0 Å². The van der Waals surface area contributed by atoms with Crippen LogP contribution in [-0.2, 0) is 17.3 Å². The third-order valence-electron chi connectivity index (χ3n) is 3.97. The Bertz CT molecular complexity index is 644. The molecule has 0 fully saturated rings. The van der Waals surface area contributed by atoms with E-state index in [1.54, 1.807) is 24.3 Å². The molecule has 0 aromatic heterocycles. The Kier molecular flexibility index (Phi) is 6.48. The largest absolute Gasteiger partial charge is 0.508 e. The maximum absolute atomic E-state index is 10.2. The number of benzene rings is 2. The van der Waals surface area contributed by atoms with Gasteiger partial charge in [-0.3, -0.25) is 0 Å². The minimum Gasteiger partial charge on any atom is -0.508 e. The fraction of sp³-hybridized carbons (Fsp3) is 0.455. The van der Waals surface area contributed by atoms with Crippen LogP contribution in [0.3, 0.4) is 0 Å². The summed E-state index contributed by atoms with van der Waals surface area (Å²) in [5, 5.41) is 18.8. The normalized spacial score (nSPS) is 11.6. The molecule has 0 spiro atoms. The second kappa shape index (κ2) is 7.74. The summed E-state index contributed by atoms with van der Waals surface area (Å²) >= 11 is 0. The van der Waals surface area contributed by atoms with Gasteiger partial charge in [0.2, 0.25) is 0 Å². The molecule has 0 amide bonds. The van der Waals surface area contributed by atoms with Crippen LogP contribution in [0.4, 0.5) is 0 Å². The van der Waals surface area contributed by atoms with E-state index in [2.05, 4.69) is 54.5 Å². The minimum atomic E-state index is -0.00951. The second-order valence-electron chi connectivity index (χ2n) is 8.22. The zero-order chi connectivity index (χ0) is 18.5. The molecular weight excluding hydrogens is 296 g/mol. The Hall–Kier alpha value is -1.96. The molecule has 0 aliphatic heterocycles. The van der Waals surface area contributed by atoms with Crippen molar-refractivity contribution in [3.63, 3.8) is 0 Å². The van der Waals surface area contributed by atoms with Gasteiger partial charge in [0.15, 0.2) is 0 Å². The van der Waals surface area contributed by atoms with Crippen LogP contribution in [0.1, 0.15) is 65.2 Å². The predicted molar refractivity (Wildman–Crippen MR) is 103 cm³/mol. The van der Waals surface area contributed by atoms with Crippen LogP contribution in [0.15, 0.2) is 42.5 Å². The summed E-state index contributed by atoms with van der Waals surface area (Å²) in [6.07, 6.45) is 1.01. The van der Waals surface area contributed by atoms with Crippen molar-refractivity contribution in [2.45, 2.75) is 65.7 Å². The van der Waals surface area contributed by atoms with Gasteiger partial charge in [0.1, 0.15) is 11.5 Å². The first-order valence-electron chi connectivity index (χ1n) is 8.57. The van der Waals surface area contributed by atoms with Gasteiger partial charge in [-0.2, -0.15) is 0 Å². The zero-order valence-corrected chi connectivity index (χ0v) is 16.1. The third-order valence-corrected chi connectivity index (χ3v) is 3.97. The molecule has 2 aromatic rings. The molecule has 0 saturated heterocycles. The van der Waals surface area contributed by atoms with Crippen LogP contribution in [0.5, 0.6) is 11.5 Å². The first-order valence-corrected chi connectivity index (χ1v) is 8.57. The fourth-order valence-corrected chi connectivity index (χ4v) is 2.65. The molecule has 2 nitrogen and oxygen atoms in total. The van der Waals surface area contributed by atoms with Crippen LogP contribution in [0.2, 0.25) is 0 Å². The molecule has 0 radical (unpaired) electrons. The monoisotopic (exact) mass is 328 g/mol. The molecule has 132 valence electrons. The number of aryl methyl sites for hydroxylation is 1. The Morgan fingerprint density at radius 3 is 1.58 bits per heavy atom.